The molecule has 1 amide bonds. The minimum absolute atomic E-state index is 0.177. The van der Waals surface area contributed by atoms with Crippen LogP contribution in [0.25, 0.3) is 9.88 Å². The smallest absolute Gasteiger partial charge is 0.358 e. The number of esters is 1. The van der Waals surface area contributed by atoms with Gasteiger partial charge in [0, 0.05) is 17.6 Å². The predicted molar refractivity (Wildman–Crippen MR) is 100 cm³/mol. The largest absolute Gasteiger partial charge is 0.451 e. The molecule has 2 heterocycles. The van der Waals surface area contributed by atoms with Crippen molar-refractivity contribution >= 4 is 40.2 Å². The summed E-state index contributed by atoms with van der Waals surface area (Å²) in [7, 11) is 0. The van der Waals surface area contributed by atoms with E-state index in [1.165, 1.54) is 51.8 Å². The lowest BCUT2D eigenvalue weighted by molar-refractivity contribution is -0.121. The molecule has 0 atom stereocenters. The zero-order valence-electron chi connectivity index (χ0n) is 13.8. The number of likely N-dealkylation sites (N-methyl/N-ethyl adjacent to an activating group) is 1. The molecule has 134 valence electrons. The van der Waals surface area contributed by atoms with Crippen LogP contribution in [0.2, 0.25) is 0 Å². The number of aromatic nitrogens is 1. The normalized spacial score (nSPS) is 10.5. The van der Waals surface area contributed by atoms with Gasteiger partial charge in [0.2, 0.25) is 0 Å². The summed E-state index contributed by atoms with van der Waals surface area (Å²) in [5.74, 6) is -1.41. The predicted octanol–water partition coefficient (Wildman–Crippen LogP) is 4.22. The van der Waals surface area contributed by atoms with Crippen LogP contribution in [-0.4, -0.2) is 30.0 Å². The van der Waals surface area contributed by atoms with E-state index >= 15 is 0 Å². The first-order valence-electron chi connectivity index (χ1n) is 7.81. The van der Waals surface area contributed by atoms with Crippen LogP contribution in [0, 0.1) is 5.82 Å². The molecule has 0 aliphatic heterocycles. The summed E-state index contributed by atoms with van der Waals surface area (Å²) in [5, 5.41) is 4.28. The van der Waals surface area contributed by atoms with Crippen LogP contribution in [-0.2, 0) is 9.53 Å². The SMILES string of the molecule is CCN(C(=O)COC(=O)c1csc(-c2cccs2)n1)c1ccc(F)cc1. The molecule has 3 aromatic rings. The molecule has 0 bridgehead atoms. The molecule has 0 fully saturated rings. The molecule has 0 radical (unpaired) electrons. The highest BCUT2D eigenvalue weighted by molar-refractivity contribution is 7.20. The van der Waals surface area contributed by atoms with E-state index in [0.717, 1.165) is 9.88 Å². The summed E-state index contributed by atoms with van der Waals surface area (Å²) in [4.78, 5) is 31.1. The third-order valence-electron chi connectivity index (χ3n) is 3.53. The van der Waals surface area contributed by atoms with Crippen molar-refractivity contribution in [1.29, 1.82) is 0 Å². The highest BCUT2D eigenvalue weighted by Gasteiger charge is 2.19. The summed E-state index contributed by atoms with van der Waals surface area (Å²) >= 11 is 2.88. The molecular formula is C18H15FN2O3S2. The van der Waals surface area contributed by atoms with Crippen molar-refractivity contribution in [2.45, 2.75) is 6.92 Å². The van der Waals surface area contributed by atoms with Gasteiger partial charge in [-0.1, -0.05) is 6.07 Å². The summed E-state index contributed by atoms with van der Waals surface area (Å²) in [6.07, 6.45) is 0. The number of benzene rings is 1. The molecule has 0 aliphatic carbocycles. The number of hydrogen-bond donors (Lipinski definition) is 0. The number of rotatable bonds is 6. The quantitative estimate of drug-likeness (QED) is 0.591. The number of anilines is 1. The topological polar surface area (TPSA) is 59.5 Å². The highest BCUT2D eigenvalue weighted by atomic mass is 32.1. The van der Waals surface area contributed by atoms with Gasteiger partial charge in [-0.2, -0.15) is 0 Å². The maximum Gasteiger partial charge on any atom is 0.358 e. The third-order valence-corrected chi connectivity index (χ3v) is 5.41. The van der Waals surface area contributed by atoms with Crippen molar-refractivity contribution in [2.24, 2.45) is 0 Å². The van der Waals surface area contributed by atoms with Crippen LogP contribution in [0.4, 0.5) is 10.1 Å². The fourth-order valence-electron chi connectivity index (χ4n) is 2.28. The molecular weight excluding hydrogens is 375 g/mol. The van der Waals surface area contributed by atoms with E-state index < -0.39 is 12.6 Å². The Morgan fingerprint density at radius 3 is 2.62 bits per heavy atom. The number of carbonyl (C=O) groups excluding carboxylic acids is 2. The number of ether oxygens (including phenoxy) is 1. The number of carbonyl (C=O) groups is 2. The monoisotopic (exact) mass is 390 g/mol. The Hall–Kier alpha value is -2.58. The van der Waals surface area contributed by atoms with Gasteiger partial charge in [-0.25, -0.2) is 14.2 Å². The van der Waals surface area contributed by atoms with E-state index in [2.05, 4.69) is 4.98 Å². The van der Waals surface area contributed by atoms with E-state index in [1.807, 2.05) is 17.5 Å². The van der Waals surface area contributed by atoms with E-state index in [4.69, 9.17) is 4.74 Å². The van der Waals surface area contributed by atoms with Crippen molar-refractivity contribution in [3.05, 3.63) is 58.7 Å². The van der Waals surface area contributed by atoms with Gasteiger partial charge in [0.05, 0.1) is 4.88 Å². The second kappa shape index (κ2) is 8.20. The number of thiophene rings is 1. The molecule has 0 saturated heterocycles. The van der Waals surface area contributed by atoms with E-state index in [1.54, 1.807) is 12.3 Å². The number of hydrogen-bond acceptors (Lipinski definition) is 6. The fraction of sp³-hybridized carbons (Fsp3) is 0.167. The molecule has 0 N–H and O–H groups in total. The Labute approximate surface area is 157 Å². The van der Waals surface area contributed by atoms with Crippen molar-refractivity contribution in [2.75, 3.05) is 18.1 Å². The number of nitrogens with zero attached hydrogens (tertiary/aromatic N) is 2. The van der Waals surface area contributed by atoms with Crippen LogP contribution >= 0.6 is 22.7 Å². The van der Waals surface area contributed by atoms with Crippen LogP contribution in [0.3, 0.4) is 0 Å². The second-order valence-corrected chi connectivity index (χ2v) is 7.01. The number of thiazole rings is 1. The Morgan fingerprint density at radius 2 is 1.96 bits per heavy atom. The number of halogens is 1. The lowest BCUT2D eigenvalue weighted by atomic mass is 10.2. The summed E-state index contributed by atoms with van der Waals surface area (Å²) in [6.45, 7) is 1.76. The fourth-order valence-corrected chi connectivity index (χ4v) is 3.89. The first-order valence-corrected chi connectivity index (χ1v) is 9.57. The van der Waals surface area contributed by atoms with Gasteiger partial charge in [0.25, 0.3) is 5.91 Å². The first-order chi connectivity index (χ1) is 12.6. The molecule has 5 nitrogen and oxygen atoms in total. The Bertz CT molecular complexity index is 892. The van der Waals surface area contributed by atoms with Crippen LogP contribution in [0.1, 0.15) is 17.4 Å². The maximum atomic E-state index is 13.0. The number of amides is 1. The van der Waals surface area contributed by atoms with Gasteiger partial charge in [0.15, 0.2) is 12.3 Å². The van der Waals surface area contributed by atoms with Crippen LogP contribution in [0.15, 0.2) is 47.2 Å². The van der Waals surface area contributed by atoms with E-state index in [0.29, 0.717) is 12.2 Å². The molecule has 3 rings (SSSR count). The van der Waals surface area contributed by atoms with Gasteiger partial charge in [0.1, 0.15) is 10.8 Å². The molecule has 1 aromatic carbocycles. The highest BCUT2D eigenvalue weighted by Crippen LogP contribution is 2.28. The lowest BCUT2D eigenvalue weighted by Crippen LogP contribution is -2.34. The summed E-state index contributed by atoms with van der Waals surface area (Å²) < 4.78 is 18.1. The van der Waals surface area contributed by atoms with E-state index in [-0.39, 0.29) is 17.4 Å². The van der Waals surface area contributed by atoms with Gasteiger partial charge in [-0.05, 0) is 42.6 Å². The molecule has 0 spiro atoms. The first kappa shape index (κ1) is 18.2. The zero-order chi connectivity index (χ0) is 18.5. The molecule has 0 unspecified atom stereocenters. The minimum atomic E-state index is -0.646. The lowest BCUT2D eigenvalue weighted by Gasteiger charge is -2.20. The maximum absolute atomic E-state index is 13.0. The average molecular weight is 390 g/mol. The van der Waals surface area contributed by atoms with Gasteiger partial charge < -0.3 is 9.64 Å². The van der Waals surface area contributed by atoms with Gasteiger partial charge in [-0.15, -0.1) is 22.7 Å². The van der Waals surface area contributed by atoms with Gasteiger partial charge in [-0.3, -0.25) is 4.79 Å². The van der Waals surface area contributed by atoms with Crippen molar-refractivity contribution in [1.82, 2.24) is 4.98 Å². The molecule has 0 aliphatic rings. The van der Waals surface area contributed by atoms with Crippen molar-refractivity contribution in [3.63, 3.8) is 0 Å². The Balaban J connectivity index is 1.61. The molecule has 2 aromatic heterocycles. The van der Waals surface area contributed by atoms with Gasteiger partial charge >= 0.3 is 5.97 Å². The summed E-state index contributed by atoms with van der Waals surface area (Å²) in [6, 6.07) is 9.40. The minimum Gasteiger partial charge on any atom is -0.451 e. The standard InChI is InChI=1S/C18H15FN2O3S2/c1-2-21(13-7-5-12(19)6-8-13)16(22)10-24-18(23)14-11-26-17(20-14)15-4-3-9-25-15/h3-9,11H,2,10H2,1H3. The zero-order valence-corrected chi connectivity index (χ0v) is 15.5. The molecule has 0 saturated carbocycles. The van der Waals surface area contributed by atoms with E-state index in [9.17, 15) is 14.0 Å². The molecule has 26 heavy (non-hydrogen) atoms. The van der Waals surface area contributed by atoms with Crippen molar-refractivity contribution in [3.8, 4) is 9.88 Å². The van der Waals surface area contributed by atoms with Crippen molar-refractivity contribution < 1.29 is 18.7 Å². The van der Waals surface area contributed by atoms with Crippen LogP contribution in [0.5, 0.6) is 0 Å². The Morgan fingerprint density at radius 1 is 1.19 bits per heavy atom. The average Bonchev–Trinajstić information content (AvgIpc) is 3.33. The Kier molecular flexibility index (Phi) is 5.75. The summed E-state index contributed by atoms with van der Waals surface area (Å²) in [5.41, 5.74) is 0.722. The third kappa shape index (κ3) is 4.14. The molecule has 8 heteroatoms. The second-order valence-electron chi connectivity index (χ2n) is 5.21. The van der Waals surface area contributed by atoms with Crippen LogP contribution < -0.4 is 4.90 Å².